The molecule has 1 saturated carbocycles. The van der Waals surface area contributed by atoms with E-state index in [4.69, 9.17) is 15.2 Å². The number of hydrogen-bond donors (Lipinski definition) is 2. The third-order valence-corrected chi connectivity index (χ3v) is 5.64. The minimum Gasteiger partial charge on any atom is -0.412 e. The van der Waals surface area contributed by atoms with Crippen LogP contribution in [0, 0.1) is 20.8 Å². The second kappa shape index (κ2) is 7.94. The number of carbonyl (C=O) groups excluding carboxylic acids is 2. The summed E-state index contributed by atoms with van der Waals surface area (Å²) in [4.78, 5) is 24.6. The number of hydrogen-bond acceptors (Lipinski definition) is 4. The number of primary amides is 1. The smallest absolute Gasteiger partial charge is 0.411 e. The van der Waals surface area contributed by atoms with Crippen molar-refractivity contribution in [1.29, 1.82) is 0 Å². The van der Waals surface area contributed by atoms with Crippen molar-refractivity contribution in [2.24, 2.45) is 5.73 Å². The summed E-state index contributed by atoms with van der Waals surface area (Å²) in [6, 6.07) is 3.86. The van der Waals surface area contributed by atoms with E-state index in [1.807, 2.05) is 32.9 Å². The monoisotopic (exact) mass is 426 g/mol. The van der Waals surface area contributed by atoms with Crippen LogP contribution in [0.1, 0.15) is 47.9 Å². The molecule has 30 heavy (non-hydrogen) atoms. The van der Waals surface area contributed by atoms with Crippen LogP contribution in [0.4, 0.5) is 18.0 Å². The maximum atomic E-state index is 13.0. The van der Waals surface area contributed by atoms with Crippen molar-refractivity contribution in [2.45, 2.75) is 64.3 Å². The maximum Gasteiger partial charge on any atom is 0.411 e. The Hall–Kier alpha value is -2.55. The highest BCUT2D eigenvalue weighted by atomic mass is 19.4. The highest BCUT2D eigenvalue weighted by molar-refractivity contribution is 6.24. The third kappa shape index (κ3) is 4.45. The first-order valence-electron chi connectivity index (χ1n) is 9.73. The van der Waals surface area contributed by atoms with E-state index in [2.05, 4.69) is 5.32 Å². The zero-order chi connectivity index (χ0) is 22.3. The number of nitrogens with two attached hydrogens (primary N) is 1. The quantitative estimate of drug-likeness (QED) is 0.766. The van der Waals surface area contributed by atoms with Crippen LogP contribution in [0.15, 0.2) is 17.9 Å². The van der Waals surface area contributed by atoms with Gasteiger partial charge in [0, 0.05) is 0 Å². The summed E-state index contributed by atoms with van der Waals surface area (Å²) in [6.45, 7) is 4.36. The summed E-state index contributed by atoms with van der Waals surface area (Å²) in [5.74, 6) is -0.250. The van der Waals surface area contributed by atoms with Gasteiger partial charge in [-0.15, -0.1) is 0 Å². The van der Waals surface area contributed by atoms with Gasteiger partial charge in [0.1, 0.15) is 12.4 Å². The molecule has 2 amide bonds. The Morgan fingerprint density at radius 2 is 1.77 bits per heavy atom. The Morgan fingerprint density at radius 1 is 1.20 bits per heavy atom. The summed E-state index contributed by atoms with van der Waals surface area (Å²) in [5, 5.41) is 2.91. The molecular weight excluding hydrogens is 401 g/mol. The summed E-state index contributed by atoms with van der Waals surface area (Å²) in [5.41, 5.74) is 7.94. The van der Waals surface area contributed by atoms with Crippen LogP contribution in [0.3, 0.4) is 0 Å². The molecule has 0 radical (unpaired) electrons. The van der Waals surface area contributed by atoms with Gasteiger partial charge in [-0.05, 0) is 63.1 Å². The lowest BCUT2D eigenvalue weighted by molar-refractivity contribution is -0.188. The van der Waals surface area contributed by atoms with E-state index in [0.29, 0.717) is 5.56 Å². The van der Waals surface area contributed by atoms with Gasteiger partial charge in [0.25, 0.3) is 5.91 Å². The number of alkyl halides is 3. The number of benzene rings is 1. The molecule has 1 aliphatic carbocycles. The van der Waals surface area contributed by atoms with Crippen molar-refractivity contribution < 1.29 is 32.2 Å². The lowest BCUT2D eigenvalue weighted by Gasteiger charge is -2.38. The lowest BCUT2D eigenvalue weighted by Crippen LogP contribution is -2.49. The molecule has 6 nitrogen and oxygen atoms in total. The third-order valence-electron chi connectivity index (χ3n) is 5.64. The summed E-state index contributed by atoms with van der Waals surface area (Å²) >= 11 is 0. The fourth-order valence-corrected chi connectivity index (χ4v) is 4.54. The van der Waals surface area contributed by atoms with Crippen LogP contribution in [-0.2, 0) is 14.3 Å². The van der Waals surface area contributed by atoms with Gasteiger partial charge in [-0.2, -0.15) is 13.2 Å². The van der Waals surface area contributed by atoms with Crippen LogP contribution >= 0.6 is 0 Å². The van der Waals surface area contributed by atoms with E-state index >= 15 is 0 Å². The van der Waals surface area contributed by atoms with Crippen molar-refractivity contribution in [2.75, 3.05) is 6.61 Å². The fraction of sp³-hybridized carbons (Fsp3) is 0.524. The van der Waals surface area contributed by atoms with E-state index in [1.165, 1.54) is 0 Å². The van der Waals surface area contributed by atoms with E-state index in [-0.39, 0.29) is 37.0 Å². The molecule has 0 bridgehead atoms. The largest absolute Gasteiger partial charge is 0.412 e. The van der Waals surface area contributed by atoms with Gasteiger partial charge >= 0.3 is 12.3 Å². The minimum absolute atomic E-state index is 0.143. The SMILES string of the molecule is Cc1cc(C)c(C2=C(OC(N)=O)C3(CCC(OCC(F)(F)F)CC3)NC2=O)c(C)c1. The summed E-state index contributed by atoms with van der Waals surface area (Å²) in [6.07, 6.45) is -4.92. The van der Waals surface area contributed by atoms with Gasteiger partial charge in [0.15, 0.2) is 0 Å². The first-order chi connectivity index (χ1) is 13.9. The van der Waals surface area contributed by atoms with Crippen molar-refractivity contribution in [3.05, 3.63) is 40.1 Å². The van der Waals surface area contributed by atoms with E-state index in [0.717, 1.165) is 16.7 Å². The first kappa shape index (κ1) is 22.1. The van der Waals surface area contributed by atoms with Gasteiger partial charge in [-0.1, -0.05) is 17.7 Å². The van der Waals surface area contributed by atoms with Crippen LogP contribution < -0.4 is 11.1 Å². The molecule has 0 atom stereocenters. The van der Waals surface area contributed by atoms with Crippen LogP contribution in [-0.4, -0.2) is 36.4 Å². The topological polar surface area (TPSA) is 90.7 Å². The second-order valence-electron chi connectivity index (χ2n) is 8.06. The van der Waals surface area contributed by atoms with Crippen LogP contribution in [0.2, 0.25) is 0 Å². The van der Waals surface area contributed by atoms with Gasteiger partial charge < -0.3 is 20.5 Å². The highest BCUT2D eigenvalue weighted by Gasteiger charge is 2.50. The lowest BCUT2D eigenvalue weighted by atomic mass is 9.78. The molecule has 1 spiro atoms. The number of carbonyl (C=O) groups is 2. The Bertz CT molecular complexity index is 877. The number of nitrogens with one attached hydrogen (secondary N) is 1. The van der Waals surface area contributed by atoms with Gasteiger partial charge in [-0.3, -0.25) is 4.79 Å². The van der Waals surface area contributed by atoms with E-state index in [9.17, 15) is 22.8 Å². The van der Waals surface area contributed by atoms with Crippen molar-refractivity contribution >= 4 is 17.6 Å². The van der Waals surface area contributed by atoms with Crippen LogP contribution in [0.25, 0.3) is 5.57 Å². The Kier molecular flexibility index (Phi) is 5.86. The van der Waals surface area contributed by atoms with Gasteiger partial charge in [0.05, 0.1) is 17.2 Å². The molecule has 2 aliphatic rings. The zero-order valence-corrected chi connectivity index (χ0v) is 17.1. The predicted octanol–water partition coefficient (Wildman–Crippen LogP) is 3.81. The molecule has 3 rings (SSSR count). The maximum absolute atomic E-state index is 13.0. The molecule has 9 heteroatoms. The number of rotatable bonds is 4. The highest BCUT2D eigenvalue weighted by Crippen LogP contribution is 2.45. The number of halogens is 3. The van der Waals surface area contributed by atoms with Crippen molar-refractivity contribution in [1.82, 2.24) is 5.32 Å². The molecule has 1 aromatic rings. The fourth-order valence-electron chi connectivity index (χ4n) is 4.54. The summed E-state index contributed by atoms with van der Waals surface area (Å²) < 4.78 is 47.6. The molecule has 3 N–H and O–H groups in total. The predicted molar refractivity (Wildman–Crippen MR) is 103 cm³/mol. The van der Waals surface area contributed by atoms with Crippen molar-refractivity contribution in [3.63, 3.8) is 0 Å². The number of ether oxygens (including phenoxy) is 2. The molecule has 1 aromatic carbocycles. The standard InChI is InChI=1S/C21H25F3N2O4/c1-11-8-12(2)15(13(3)9-11)16-17(30-19(25)28)20(26-18(16)27)6-4-14(5-7-20)29-10-21(22,23)24/h8-9,14H,4-7,10H2,1-3H3,(H2,25,28)(H,26,27). The van der Waals surface area contributed by atoms with Gasteiger partial charge in [0.2, 0.25) is 0 Å². The average Bonchev–Trinajstić information content (AvgIpc) is 2.85. The zero-order valence-electron chi connectivity index (χ0n) is 17.1. The number of aryl methyl sites for hydroxylation is 3. The van der Waals surface area contributed by atoms with Crippen LogP contribution in [0.5, 0.6) is 0 Å². The second-order valence-corrected chi connectivity index (χ2v) is 8.06. The first-order valence-corrected chi connectivity index (χ1v) is 9.73. The van der Waals surface area contributed by atoms with Crippen molar-refractivity contribution in [3.8, 4) is 0 Å². The Balaban J connectivity index is 1.96. The molecule has 0 aromatic heterocycles. The number of amides is 2. The molecule has 1 aliphatic heterocycles. The molecule has 0 saturated heterocycles. The Labute approximate surface area is 172 Å². The minimum atomic E-state index is -4.40. The normalized spacial score (nSPS) is 24.3. The molecule has 1 fully saturated rings. The molecule has 1 heterocycles. The average molecular weight is 426 g/mol. The Morgan fingerprint density at radius 3 is 2.27 bits per heavy atom. The van der Waals surface area contributed by atoms with E-state index < -0.39 is 36.4 Å². The van der Waals surface area contributed by atoms with Gasteiger partial charge in [-0.25, -0.2) is 4.79 Å². The molecule has 164 valence electrons. The molecular formula is C21H25F3N2O4. The van der Waals surface area contributed by atoms with E-state index in [1.54, 1.807) is 0 Å². The summed E-state index contributed by atoms with van der Waals surface area (Å²) in [7, 11) is 0. The molecule has 0 unspecified atom stereocenters.